The number of ether oxygens (including phenoxy) is 2. The summed E-state index contributed by atoms with van der Waals surface area (Å²) in [5.74, 6) is 0.303. The molecular weight excluding hydrogens is 504 g/mol. The molecule has 0 bridgehead atoms. The van der Waals surface area contributed by atoms with Gasteiger partial charge in [-0.3, -0.25) is 4.79 Å². The van der Waals surface area contributed by atoms with Crippen LogP contribution in [-0.2, 0) is 22.4 Å². The molecule has 0 spiro atoms. The summed E-state index contributed by atoms with van der Waals surface area (Å²) >= 11 is 0. The molecule has 0 saturated carbocycles. The second-order valence-corrected chi connectivity index (χ2v) is 11.2. The molecule has 0 fully saturated rings. The molecule has 3 aromatic rings. The molecule has 2 amide bonds. The quantitative estimate of drug-likeness (QED) is 0.284. The smallest absolute Gasteiger partial charge is 0.407 e. The summed E-state index contributed by atoms with van der Waals surface area (Å²) < 4.78 is 11.4. The molecule has 4 atom stereocenters. The Balaban J connectivity index is 1.77. The SMILES string of the molecule is Cc1ccccc1OC(C)C(=O)NC(Cc1ccccc1)C(O)CC(Cc1ccccc1)NC(=O)OC(C)(C)C. The zero-order chi connectivity index (χ0) is 29.1. The van der Waals surface area contributed by atoms with Crippen LogP contribution in [0.4, 0.5) is 4.79 Å². The molecule has 0 aliphatic carbocycles. The van der Waals surface area contributed by atoms with Crippen LogP contribution in [-0.4, -0.2) is 47.0 Å². The number of aliphatic hydroxyl groups excluding tert-OH is 1. The van der Waals surface area contributed by atoms with Gasteiger partial charge >= 0.3 is 6.09 Å². The molecule has 0 aliphatic rings. The largest absolute Gasteiger partial charge is 0.481 e. The van der Waals surface area contributed by atoms with Crippen molar-refractivity contribution in [2.45, 2.75) is 83.8 Å². The molecule has 3 rings (SSSR count). The maximum absolute atomic E-state index is 13.2. The molecule has 3 N–H and O–H groups in total. The molecule has 214 valence electrons. The van der Waals surface area contributed by atoms with Gasteiger partial charge in [0.05, 0.1) is 12.1 Å². The summed E-state index contributed by atoms with van der Waals surface area (Å²) in [6.07, 6.45) is -1.17. The number of rotatable bonds is 12. The summed E-state index contributed by atoms with van der Waals surface area (Å²) in [5, 5.41) is 17.4. The molecule has 0 aliphatic heterocycles. The highest BCUT2D eigenvalue weighted by Gasteiger charge is 2.29. The Morgan fingerprint density at radius 2 is 1.38 bits per heavy atom. The third-order valence-electron chi connectivity index (χ3n) is 6.43. The van der Waals surface area contributed by atoms with Gasteiger partial charge in [-0.15, -0.1) is 0 Å². The molecule has 4 unspecified atom stereocenters. The van der Waals surface area contributed by atoms with E-state index in [-0.39, 0.29) is 12.3 Å². The summed E-state index contributed by atoms with van der Waals surface area (Å²) in [7, 11) is 0. The average molecular weight is 547 g/mol. The van der Waals surface area contributed by atoms with Crippen molar-refractivity contribution in [3.8, 4) is 5.75 Å². The summed E-state index contributed by atoms with van der Waals surface area (Å²) in [6, 6.07) is 25.9. The van der Waals surface area contributed by atoms with Crippen molar-refractivity contribution in [2.24, 2.45) is 0 Å². The molecule has 0 radical (unpaired) electrons. The maximum Gasteiger partial charge on any atom is 0.407 e. The van der Waals surface area contributed by atoms with Crippen LogP contribution in [0.1, 0.15) is 50.8 Å². The fraction of sp³-hybridized carbons (Fsp3) is 0.394. The lowest BCUT2D eigenvalue weighted by Crippen LogP contribution is -2.51. The second kappa shape index (κ2) is 14.5. The van der Waals surface area contributed by atoms with Crippen molar-refractivity contribution in [1.82, 2.24) is 10.6 Å². The number of carbonyl (C=O) groups is 2. The van der Waals surface area contributed by atoms with Gasteiger partial charge in [0.2, 0.25) is 0 Å². The van der Waals surface area contributed by atoms with Crippen LogP contribution < -0.4 is 15.4 Å². The van der Waals surface area contributed by atoms with E-state index in [2.05, 4.69) is 10.6 Å². The first kappa shape index (κ1) is 30.7. The van der Waals surface area contributed by atoms with Gasteiger partial charge < -0.3 is 25.2 Å². The molecule has 7 heteroatoms. The molecule has 0 aromatic heterocycles. The van der Waals surface area contributed by atoms with E-state index in [0.29, 0.717) is 18.6 Å². The van der Waals surface area contributed by atoms with E-state index >= 15 is 0 Å². The highest BCUT2D eigenvalue weighted by molar-refractivity contribution is 5.81. The van der Waals surface area contributed by atoms with Crippen LogP contribution in [0.3, 0.4) is 0 Å². The van der Waals surface area contributed by atoms with Crippen LogP contribution >= 0.6 is 0 Å². The van der Waals surface area contributed by atoms with Crippen molar-refractivity contribution in [3.05, 3.63) is 102 Å². The number of aliphatic hydroxyl groups is 1. The number of para-hydroxylation sites is 1. The van der Waals surface area contributed by atoms with Gasteiger partial charge in [0.15, 0.2) is 6.10 Å². The number of hydrogen-bond donors (Lipinski definition) is 3. The van der Waals surface area contributed by atoms with Gasteiger partial charge in [0, 0.05) is 6.04 Å². The Bertz CT molecular complexity index is 1210. The van der Waals surface area contributed by atoms with E-state index in [1.807, 2.05) is 91.9 Å². The first-order chi connectivity index (χ1) is 19.0. The molecule has 0 saturated heterocycles. The van der Waals surface area contributed by atoms with Crippen molar-refractivity contribution in [3.63, 3.8) is 0 Å². The number of carbonyl (C=O) groups excluding carboxylic acids is 2. The summed E-state index contributed by atoms with van der Waals surface area (Å²) in [6.45, 7) is 9.03. The Kier molecular flexibility index (Phi) is 11.1. The van der Waals surface area contributed by atoms with Gasteiger partial charge in [0.1, 0.15) is 11.4 Å². The van der Waals surface area contributed by atoms with E-state index in [4.69, 9.17) is 9.47 Å². The predicted molar refractivity (Wildman–Crippen MR) is 157 cm³/mol. The molecule has 3 aromatic carbocycles. The van der Waals surface area contributed by atoms with E-state index < -0.39 is 36.0 Å². The summed E-state index contributed by atoms with van der Waals surface area (Å²) in [4.78, 5) is 25.9. The number of hydrogen-bond acceptors (Lipinski definition) is 5. The zero-order valence-electron chi connectivity index (χ0n) is 24.1. The lowest BCUT2D eigenvalue weighted by atomic mass is 9.93. The molecule has 7 nitrogen and oxygen atoms in total. The van der Waals surface area contributed by atoms with E-state index in [1.54, 1.807) is 27.7 Å². The monoisotopic (exact) mass is 546 g/mol. The first-order valence-electron chi connectivity index (χ1n) is 13.8. The molecule has 40 heavy (non-hydrogen) atoms. The van der Waals surface area contributed by atoms with Crippen molar-refractivity contribution >= 4 is 12.0 Å². The number of benzene rings is 3. The van der Waals surface area contributed by atoms with Crippen molar-refractivity contribution < 1.29 is 24.2 Å². The lowest BCUT2D eigenvalue weighted by molar-refractivity contribution is -0.129. The fourth-order valence-corrected chi connectivity index (χ4v) is 4.41. The number of alkyl carbamates (subject to hydrolysis) is 1. The van der Waals surface area contributed by atoms with Crippen LogP contribution in [0.15, 0.2) is 84.9 Å². The lowest BCUT2D eigenvalue weighted by Gasteiger charge is -2.30. The Morgan fingerprint density at radius 3 is 1.95 bits per heavy atom. The minimum absolute atomic E-state index is 0.207. The van der Waals surface area contributed by atoms with Crippen molar-refractivity contribution in [1.29, 1.82) is 0 Å². The number of nitrogens with one attached hydrogen (secondary N) is 2. The van der Waals surface area contributed by atoms with E-state index in [9.17, 15) is 14.7 Å². The summed E-state index contributed by atoms with van der Waals surface area (Å²) in [5.41, 5.74) is 2.26. The van der Waals surface area contributed by atoms with E-state index in [1.165, 1.54) is 0 Å². The maximum atomic E-state index is 13.2. The Hall–Kier alpha value is -3.84. The highest BCUT2D eigenvalue weighted by atomic mass is 16.6. The van der Waals surface area contributed by atoms with E-state index in [0.717, 1.165) is 16.7 Å². The molecular formula is C33H42N2O5. The predicted octanol–water partition coefficient (Wildman–Crippen LogP) is 5.38. The number of amides is 2. The van der Waals surface area contributed by atoms with Crippen LogP contribution in [0, 0.1) is 6.92 Å². The third kappa shape index (κ3) is 10.4. The minimum Gasteiger partial charge on any atom is -0.481 e. The first-order valence-corrected chi connectivity index (χ1v) is 13.8. The van der Waals surface area contributed by atoms with Gasteiger partial charge in [-0.05, 0) is 76.6 Å². The zero-order valence-corrected chi connectivity index (χ0v) is 24.1. The standard InChI is InChI=1S/C33H42N2O5/c1-23-14-12-13-19-30(23)39-24(2)31(37)35-28(21-26-17-10-7-11-18-26)29(36)22-27(20-25-15-8-6-9-16-25)34-32(38)40-33(3,4)5/h6-19,24,27-29,36H,20-22H2,1-5H3,(H,34,38)(H,35,37). The topological polar surface area (TPSA) is 96.9 Å². The average Bonchev–Trinajstić information content (AvgIpc) is 2.89. The third-order valence-corrected chi connectivity index (χ3v) is 6.43. The van der Waals surface area contributed by atoms with Crippen molar-refractivity contribution in [2.75, 3.05) is 0 Å². The Labute approximate surface area is 237 Å². The van der Waals surface area contributed by atoms with Crippen LogP contribution in [0.5, 0.6) is 5.75 Å². The fourth-order valence-electron chi connectivity index (χ4n) is 4.41. The minimum atomic E-state index is -0.960. The second-order valence-electron chi connectivity index (χ2n) is 11.2. The van der Waals surface area contributed by atoms with Crippen LogP contribution in [0.25, 0.3) is 0 Å². The normalized spacial score (nSPS) is 14.3. The van der Waals surface area contributed by atoms with Gasteiger partial charge in [-0.2, -0.15) is 0 Å². The van der Waals surface area contributed by atoms with Gasteiger partial charge in [0.25, 0.3) is 5.91 Å². The highest BCUT2D eigenvalue weighted by Crippen LogP contribution is 2.19. The number of aryl methyl sites for hydroxylation is 1. The van der Waals surface area contributed by atoms with Gasteiger partial charge in [-0.25, -0.2) is 4.79 Å². The Morgan fingerprint density at radius 1 is 0.825 bits per heavy atom. The molecule has 0 heterocycles. The van der Waals surface area contributed by atoms with Gasteiger partial charge in [-0.1, -0.05) is 78.9 Å². The van der Waals surface area contributed by atoms with Crippen LogP contribution in [0.2, 0.25) is 0 Å².